The molecule has 1 aliphatic carbocycles. The molecule has 84 valence electrons. The summed E-state index contributed by atoms with van der Waals surface area (Å²) >= 11 is 0. The van der Waals surface area contributed by atoms with Gasteiger partial charge in [0.25, 0.3) is 0 Å². The van der Waals surface area contributed by atoms with Crippen molar-refractivity contribution in [3.63, 3.8) is 0 Å². The predicted molar refractivity (Wildman–Crippen MR) is 53.5 cm³/mol. The molecule has 15 heavy (non-hydrogen) atoms. The van der Waals surface area contributed by atoms with Crippen molar-refractivity contribution in [1.29, 1.82) is 0 Å². The molecule has 1 atom stereocenters. The fourth-order valence-corrected chi connectivity index (χ4v) is 1.86. The van der Waals surface area contributed by atoms with E-state index in [0.29, 0.717) is 25.6 Å². The van der Waals surface area contributed by atoms with Crippen molar-refractivity contribution >= 4 is 12.0 Å². The van der Waals surface area contributed by atoms with E-state index in [4.69, 9.17) is 5.11 Å². The van der Waals surface area contributed by atoms with Crippen LogP contribution in [0.2, 0.25) is 0 Å². The standard InChI is InChI=1S/C10H16N2O3/c13-9(14)7-2-1-5-12(6-7)10(15)11-8-3-4-8/h7-8H,1-6H2,(H,11,15)(H,13,14)/t7-/m0/s1. The van der Waals surface area contributed by atoms with Gasteiger partial charge in [-0.2, -0.15) is 0 Å². The average Bonchev–Trinajstić information content (AvgIpc) is 3.02. The number of carboxylic acids is 1. The Morgan fingerprint density at radius 3 is 2.60 bits per heavy atom. The maximum absolute atomic E-state index is 11.6. The highest BCUT2D eigenvalue weighted by atomic mass is 16.4. The van der Waals surface area contributed by atoms with Crippen molar-refractivity contribution in [2.75, 3.05) is 13.1 Å². The molecule has 0 aromatic carbocycles. The van der Waals surface area contributed by atoms with Gasteiger partial charge < -0.3 is 15.3 Å². The highest BCUT2D eigenvalue weighted by Crippen LogP contribution is 2.21. The van der Waals surface area contributed by atoms with Crippen LogP contribution in [0.5, 0.6) is 0 Å². The van der Waals surface area contributed by atoms with E-state index in [1.54, 1.807) is 4.90 Å². The SMILES string of the molecule is O=C(O)[C@H]1CCCN(C(=O)NC2CC2)C1. The Hall–Kier alpha value is -1.26. The van der Waals surface area contributed by atoms with E-state index in [9.17, 15) is 9.59 Å². The molecule has 2 fully saturated rings. The summed E-state index contributed by atoms with van der Waals surface area (Å²) in [5, 5.41) is 11.8. The van der Waals surface area contributed by atoms with Gasteiger partial charge in [-0.05, 0) is 25.7 Å². The van der Waals surface area contributed by atoms with E-state index in [-0.39, 0.29) is 11.9 Å². The molecule has 0 bridgehead atoms. The zero-order valence-corrected chi connectivity index (χ0v) is 8.61. The van der Waals surface area contributed by atoms with Gasteiger partial charge in [0.1, 0.15) is 0 Å². The van der Waals surface area contributed by atoms with Crippen molar-refractivity contribution in [3.8, 4) is 0 Å². The van der Waals surface area contributed by atoms with Gasteiger partial charge in [-0.1, -0.05) is 0 Å². The van der Waals surface area contributed by atoms with Gasteiger partial charge in [-0.25, -0.2) is 4.79 Å². The highest BCUT2D eigenvalue weighted by Gasteiger charge is 2.31. The molecule has 0 aromatic heterocycles. The van der Waals surface area contributed by atoms with Crippen LogP contribution in [0.3, 0.4) is 0 Å². The first-order valence-corrected chi connectivity index (χ1v) is 5.45. The average molecular weight is 212 g/mol. The number of carbonyl (C=O) groups is 2. The molecule has 5 nitrogen and oxygen atoms in total. The van der Waals surface area contributed by atoms with Crippen LogP contribution in [0.25, 0.3) is 0 Å². The van der Waals surface area contributed by atoms with E-state index < -0.39 is 5.97 Å². The normalized spacial score (nSPS) is 26.1. The third kappa shape index (κ3) is 2.61. The fraction of sp³-hybridized carbons (Fsp3) is 0.800. The molecule has 1 aliphatic heterocycles. The lowest BCUT2D eigenvalue weighted by atomic mass is 9.99. The van der Waals surface area contributed by atoms with E-state index in [1.807, 2.05) is 0 Å². The number of carboxylic acid groups (broad SMARTS) is 1. The molecule has 0 spiro atoms. The van der Waals surface area contributed by atoms with Crippen LogP contribution >= 0.6 is 0 Å². The molecule has 1 saturated heterocycles. The van der Waals surface area contributed by atoms with Crippen molar-refractivity contribution in [2.24, 2.45) is 5.92 Å². The van der Waals surface area contributed by atoms with Crippen LogP contribution < -0.4 is 5.32 Å². The minimum Gasteiger partial charge on any atom is -0.481 e. The van der Waals surface area contributed by atoms with Gasteiger partial charge in [0.15, 0.2) is 0 Å². The Kier molecular flexibility index (Phi) is 2.79. The van der Waals surface area contributed by atoms with E-state index in [1.165, 1.54) is 0 Å². The molecule has 1 heterocycles. The number of aliphatic carboxylic acids is 1. The van der Waals surface area contributed by atoms with Gasteiger partial charge in [0.05, 0.1) is 5.92 Å². The minimum atomic E-state index is -0.793. The van der Waals surface area contributed by atoms with Crippen LogP contribution in [0.4, 0.5) is 4.79 Å². The van der Waals surface area contributed by atoms with Gasteiger partial charge >= 0.3 is 12.0 Å². The van der Waals surface area contributed by atoms with Gasteiger partial charge in [0, 0.05) is 19.1 Å². The lowest BCUT2D eigenvalue weighted by Gasteiger charge is -2.30. The summed E-state index contributed by atoms with van der Waals surface area (Å²) < 4.78 is 0. The quantitative estimate of drug-likeness (QED) is 0.706. The van der Waals surface area contributed by atoms with Crippen LogP contribution in [0, 0.1) is 5.92 Å². The van der Waals surface area contributed by atoms with Crippen LogP contribution in [0.1, 0.15) is 25.7 Å². The molecule has 2 N–H and O–H groups in total. The zero-order chi connectivity index (χ0) is 10.8. The number of likely N-dealkylation sites (tertiary alicyclic amines) is 1. The van der Waals surface area contributed by atoms with Crippen LogP contribution in [-0.4, -0.2) is 41.1 Å². The maximum Gasteiger partial charge on any atom is 0.317 e. The van der Waals surface area contributed by atoms with Crippen molar-refractivity contribution in [3.05, 3.63) is 0 Å². The number of urea groups is 1. The van der Waals surface area contributed by atoms with E-state index in [0.717, 1.165) is 19.3 Å². The Labute approximate surface area is 88.4 Å². The monoisotopic (exact) mass is 212 g/mol. The summed E-state index contributed by atoms with van der Waals surface area (Å²) in [7, 11) is 0. The van der Waals surface area contributed by atoms with Crippen molar-refractivity contribution in [1.82, 2.24) is 10.2 Å². The molecule has 5 heteroatoms. The Balaban J connectivity index is 1.85. The summed E-state index contributed by atoms with van der Waals surface area (Å²) in [5.74, 6) is -1.18. The highest BCUT2D eigenvalue weighted by molar-refractivity contribution is 5.77. The summed E-state index contributed by atoms with van der Waals surface area (Å²) in [6.07, 6.45) is 3.58. The first-order valence-electron chi connectivity index (χ1n) is 5.45. The number of nitrogens with zero attached hydrogens (tertiary/aromatic N) is 1. The lowest BCUT2D eigenvalue weighted by Crippen LogP contribution is -2.47. The first-order chi connectivity index (χ1) is 7.16. The molecule has 0 radical (unpaired) electrons. The smallest absolute Gasteiger partial charge is 0.317 e. The number of hydrogen-bond acceptors (Lipinski definition) is 2. The molecule has 2 rings (SSSR count). The summed E-state index contributed by atoms with van der Waals surface area (Å²) in [5.41, 5.74) is 0. The second-order valence-electron chi connectivity index (χ2n) is 4.35. The van der Waals surface area contributed by atoms with Crippen molar-refractivity contribution < 1.29 is 14.7 Å². The first kappa shape index (κ1) is 10.3. The van der Waals surface area contributed by atoms with Gasteiger partial charge in [-0.15, -0.1) is 0 Å². The largest absolute Gasteiger partial charge is 0.481 e. The topological polar surface area (TPSA) is 69.6 Å². The predicted octanol–water partition coefficient (Wildman–Crippen LogP) is 0.655. The fourth-order valence-electron chi connectivity index (χ4n) is 1.86. The Morgan fingerprint density at radius 1 is 1.27 bits per heavy atom. The second-order valence-corrected chi connectivity index (χ2v) is 4.35. The molecular weight excluding hydrogens is 196 g/mol. The van der Waals surface area contributed by atoms with Crippen molar-refractivity contribution in [2.45, 2.75) is 31.7 Å². The third-order valence-corrected chi connectivity index (χ3v) is 2.96. The molecule has 2 amide bonds. The number of hydrogen-bond donors (Lipinski definition) is 2. The number of nitrogens with one attached hydrogen (secondary N) is 1. The van der Waals surface area contributed by atoms with E-state index in [2.05, 4.69) is 5.32 Å². The summed E-state index contributed by atoms with van der Waals surface area (Å²) in [6.45, 7) is 1.04. The minimum absolute atomic E-state index is 0.0940. The summed E-state index contributed by atoms with van der Waals surface area (Å²) in [6, 6.07) is 0.242. The zero-order valence-electron chi connectivity index (χ0n) is 8.61. The summed E-state index contributed by atoms with van der Waals surface area (Å²) in [4.78, 5) is 24.1. The molecule has 2 aliphatic rings. The van der Waals surface area contributed by atoms with Gasteiger partial charge in [0.2, 0.25) is 0 Å². The Morgan fingerprint density at radius 2 is 2.00 bits per heavy atom. The number of carbonyl (C=O) groups excluding carboxylic acids is 1. The number of piperidine rings is 1. The second kappa shape index (κ2) is 4.08. The molecule has 0 unspecified atom stereocenters. The molecular formula is C10H16N2O3. The Bertz CT molecular complexity index is 276. The number of rotatable bonds is 2. The third-order valence-electron chi connectivity index (χ3n) is 2.96. The van der Waals surface area contributed by atoms with E-state index >= 15 is 0 Å². The van der Waals surface area contributed by atoms with Gasteiger partial charge in [-0.3, -0.25) is 4.79 Å². The van der Waals surface area contributed by atoms with Crippen LogP contribution in [0.15, 0.2) is 0 Å². The molecule has 1 saturated carbocycles. The van der Waals surface area contributed by atoms with Crippen LogP contribution in [-0.2, 0) is 4.79 Å². The lowest BCUT2D eigenvalue weighted by molar-refractivity contribution is -0.143. The maximum atomic E-state index is 11.6. The number of amides is 2. The molecule has 0 aromatic rings.